The molecule has 0 spiro atoms. The molecule has 0 unspecified atom stereocenters. The first-order chi connectivity index (χ1) is 16.7. The number of imidazole rings is 1. The Bertz CT molecular complexity index is 1540. The van der Waals surface area contributed by atoms with Gasteiger partial charge in [-0.05, 0) is 41.5 Å². The van der Waals surface area contributed by atoms with Gasteiger partial charge in [-0.3, -0.25) is 0 Å². The van der Waals surface area contributed by atoms with Crippen LogP contribution in [0, 0.1) is 11.3 Å². The van der Waals surface area contributed by atoms with Crippen molar-refractivity contribution in [1.29, 1.82) is 5.26 Å². The molecule has 5 rings (SSSR count). The number of thioether (sulfide) groups is 1. The van der Waals surface area contributed by atoms with Gasteiger partial charge in [0.2, 0.25) is 0 Å². The van der Waals surface area contributed by atoms with Crippen LogP contribution >= 0.6 is 11.8 Å². The van der Waals surface area contributed by atoms with Gasteiger partial charge < -0.3 is 14.8 Å². The molecule has 0 aliphatic rings. The van der Waals surface area contributed by atoms with Crippen LogP contribution in [-0.2, 0) is 0 Å². The SMILES string of the molecule is COc1ccc2c(-c3ccccc3)cc(SC/C(O)=C(\C#N)c3nc4ccccc4[nH]3)nc2c1. The second kappa shape index (κ2) is 9.30. The van der Waals surface area contributed by atoms with E-state index in [2.05, 4.69) is 28.2 Å². The number of pyridine rings is 1. The van der Waals surface area contributed by atoms with E-state index >= 15 is 0 Å². The minimum absolute atomic E-state index is 0.0552. The number of nitriles is 1. The van der Waals surface area contributed by atoms with E-state index in [0.717, 1.165) is 43.8 Å². The van der Waals surface area contributed by atoms with Crippen LogP contribution in [-0.4, -0.2) is 32.9 Å². The lowest BCUT2D eigenvalue weighted by molar-refractivity contribution is 0.415. The molecule has 6 nitrogen and oxygen atoms in total. The Morgan fingerprint density at radius 3 is 2.56 bits per heavy atom. The van der Waals surface area contributed by atoms with E-state index in [1.54, 1.807) is 7.11 Å². The zero-order chi connectivity index (χ0) is 23.5. The Kier molecular flexibility index (Phi) is 5.90. The van der Waals surface area contributed by atoms with E-state index in [1.165, 1.54) is 11.8 Å². The number of aromatic nitrogens is 3. The standard InChI is InChI=1S/C27H20N4O2S/c1-33-18-11-12-19-20(17-7-3-2-4-8-17)14-26(29-24(19)13-18)34-16-25(32)21(15-28)27-30-22-9-5-6-10-23(22)31-27/h2-14,32H,16H2,1H3,(H,30,31)/b25-21-. The molecule has 0 saturated heterocycles. The molecule has 0 bridgehead atoms. The van der Waals surface area contributed by atoms with Crippen LogP contribution < -0.4 is 4.74 Å². The van der Waals surface area contributed by atoms with Crippen molar-refractivity contribution in [2.24, 2.45) is 0 Å². The van der Waals surface area contributed by atoms with Crippen molar-refractivity contribution in [3.63, 3.8) is 0 Å². The summed E-state index contributed by atoms with van der Waals surface area (Å²) in [4.78, 5) is 12.3. The molecule has 7 heteroatoms. The fraction of sp³-hybridized carbons (Fsp3) is 0.0741. The quantitative estimate of drug-likeness (QED) is 0.172. The van der Waals surface area contributed by atoms with E-state index in [9.17, 15) is 10.4 Å². The summed E-state index contributed by atoms with van der Waals surface area (Å²) < 4.78 is 5.39. The molecule has 0 atom stereocenters. The number of benzene rings is 3. The number of hydrogen-bond donors (Lipinski definition) is 2. The van der Waals surface area contributed by atoms with Crippen molar-refractivity contribution in [2.45, 2.75) is 5.03 Å². The van der Waals surface area contributed by atoms with E-state index in [4.69, 9.17) is 9.72 Å². The number of aliphatic hydroxyl groups is 1. The summed E-state index contributed by atoms with van der Waals surface area (Å²) in [6, 6.07) is 27.5. The smallest absolute Gasteiger partial charge is 0.152 e. The highest BCUT2D eigenvalue weighted by molar-refractivity contribution is 7.99. The lowest BCUT2D eigenvalue weighted by Crippen LogP contribution is -1.96. The summed E-state index contributed by atoms with van der Waals surface area (Å²) in [6.45, 7) is 0. The summed E-state index contributed by atoms with van der Waals surface area (Å²) in [7, 11) is 1.63. The zero-order valence-electron chi connectivity index (χ0n) is 18.3. The van der Waals surface area contributed by atoms with Crippen molar-refractivity contribution < 1.29 is 9.84 Å². The van der Waals surface area contributed by atoms with Gasteiger partial charge in [-0.15, -0.1) is 0 Å². The maximum atomic E-state index is 10.8. The minimum Gasteiger partial charge on any atom is -0.510 e. The fourth-order valence-corrected chi connectivity index (χ4v) is 4.57. The van der Waals surface area contributed by atoms with Crippen LogP contribution in [0.1, 0.15) is 5.82 Å². The summed E-state index contributed by atoms with van der Waals surface area (Å²) >= 11 is 1.36. The van der Waals surface area contributed by atoms with E-state index < -0.39 is 0 Å². The summed E-state index contributed by atoms with van der Waals surface area (Å²) in [5, 5.41) is 22.2. The first-order valence-electron chi connectivity index (χ1n) is 10.6. The molecule has 166 valence electrons. The molecule has 2 N–H and O–H groups in total. The van der Waals surface area contributed by atoms with Crippen molar-refractivity contribution in [3.05, 3.63) is 90.4 Å². The number of para-hydroxylation sites is 2. The molecular formula is C27H20N4O2S. The van der Waals surface area contributed by atoms with Crippen molar-refractivity contribution in [2.75, 3.05) is 12.9 Å². The molecule has 2 heterocycles. The number of fused-ring (bicyclic) bond motifs is 2. The highest BCUT2D eigenvalue weighted by Crippen LogP contribution is 2.34. The predicted octanol–water partition coefficient (Wildman–Crippen LogP) is 6.37. The number of methoxy groups -OCH3 is 1. The number of H-pyrrole nitrogens is 1. The minimum atomic E-state index is -0.0552. The number of nitrogens with zero attached hydrogens (tertiary/aromatic N) is 3. The number of aliphatic hydroxyl groups excluding tert-OH is 1. The third kappa shape index (κ3) is 4.19. The molecule has 5 aromatic rings. The molecule has 0 saturated carbocycles. The van der Waals surface area contributed by atoms with E-state index in [-0.39, 0.29) is 17.1 Å². The van der Waals surface area contributed by atoms with Crippen LogP contribution in [0.25, 0.3) is 38.6 Å². The number of rotatable bonds is 6. The molecule has 2 aromatic heterocycles. The van der Waals surface area contributed by atoms with Gasteiger partial charge in [0.15, 0.2) is 5.82 Å². The molecule has 0 aliphatic heterocycles. The zero-order valence-corrected chi connectivity index (χ0v) is 19.1. The normalized spacial score (nSPS) is 11.9. The second-order valence-electron chi connectivity index (χ2n) is 7.58. The molecule has 3 aromatic carbocycles. The molecule has 0 radical (unpaired) electrons. The summed E-state index contributed by atoms with van der Waals surface area (Å²) in [5.74, 6) is 1.19. The topological polar surface area (TPSA) is 94.8 Å². The van der Waals surface area contributed by atoms with Gasteiger partial charge in [0.25, 0.3) is 0 Å². The van der Waals surface area contributed by atoms with Gasteiger partial charge in [-0.2, -0.15) is 5.26 Å². The molecule has 34 heavy (non-hydrogen) atoms. The maximum absolute atomic E-state index is 10.8. The highest BCUT2D eigenvalue weighted by Gasteiger charge is 2.15. The number of allylic oxidation sites excluding steroid dienone is 1. The third-order valence-corrected chi connectivity index (χ3v) is 6.38. The number of nitrogens with one attached hydrogen (secondary N) is 1. The van der Waals surface area contributed by atoms with Gasteiger partial charge in [0.1, 0.15) is 23.2 Å². The van der Waals surface area contributed by atoms with Crippen molar-refractivity contribution >= 4 is 39.3 Å². The van der Waals surface area contributed by atoms with E-state index in [0.29, 0.717) is 5.82 Å². The molecule has 0 fully saturated rings. The highest BCUT2D eigenvalue weighted by atomic mass is 32.2. The first kappa shape index (κ1) is 21.6. The number of hydrogen-bond acceptors (Lipinski definition) is 6. The Hall–Kier alpha value is -4.28. The van der Waals surface area contributed by atoms with Crippen LogP contribution in [0.2, 0.25) is 0 Å². The predicted molar refractivity (Wildman–Crippen MR) is 136 cm³/mol. The van der Waals surface area contributed by atoms with Crippen LogP contribution in [0.15, 0.2) is 89.6 Å². The largest absolute Gasteiger partial charge is 0.510 e. The van der Waals surface area contributed by atoms with Crippen molar-refractivity contribution in [1.82, 2.24) is 15.0 Å². The van der Waals surface area contributed by atoms with Gasteiger partial charge in [0.05, 0.1) is 34.4 Å². The number of aromatic amines is 1. The monoisotopic (exact) mass is 464 g/mol. The maximum Gasteiger partial charge on any atom is 0.152 e. The Balaban J connectivity index is 1.51. The Morgan fingerprint density at radius 2 is 1.79 bits per heavy atom. The molecule has 0 amide bonds. The average Bonchev–Trinajstić information content (AvgIpc) is 3.31. The van der Waals surface area contributed by atoms with Gasteiger partial charge in [-0.25, -0.2) is 9.97 Å². The third-order valence-electron chi connectivity index (χ3n) is 5.46. The number of ether oxygens (including phenoxy) is 1. The average molecular weight is 465 g/mol. The summed E-state index contributed by atoms with van der Waals surface area (Å²) in [5.41, 5.74) is 4.57. The van der Waals surface area contributed by atoms with Crippen molar-refractivity contribution in [3.8, 4) is 22.9 Å². The van der Waals surface area contributed by atoms with Crippen LogP contribution in [0.3, 0.4) is 0 Å². The first-order valence-corrected chi connectivity index (χ1v) is 11.6. The summed E-state index contributed by atoms with van der Waals surface area (Å²) in [6.07, 6.45) is 0. The van der Waals surface area contributed by atoms with Crippen LogP contribution in [0.4, 0.5) is 0 Å². The Morgan fingerprint density at radius 1 is 1.00 bits per heavy atom. The molecular weight excluding hydrogens is 444 g/mol. The molecule has 0 aliphatic carbocycles. The van der Waals surface area contributed by atoms with E-state index in [1.807, 2.05) is 66.7 Å². The van der Waals surface area contributed by atoms with Gasteiger partial charge in [0, 0.05) is 11.5 Å². The fourth-order valence-electron chi connectivity index (χ4n) is 3.78. The van der Waals surface area contributed by atoms with Crippen LogP contribution in [0.5, 0.6) is 5.75 Å². The second-order valence-corrected chi connectivity index (χ2v) is 8.58. The van der Waals surface area contributed by atoms with Gasteiger partial charge in [-0.1, -0.05) is 54.2 Å². The van der Waals surface area contributed by atoms with Gasteiger partial charge >= 0.3 is 0 Å². The lowest BCUT2D eigenvalue weighted by atomic mass is 10.0. The lowest BCUT2D eigenvalue weighted by Gasteiger charge is -2.11. The Labute approximate surface area is 200 Å².